The maximum Gasteiger partial charge on any atom is 0.305 e. The Labute approximate surface area is 564 Å². The number of unbranched alkanes of at least 4 members (excludes halogenated alkanes) is 64. The number of allylic oxidation sites excluding steroid dienone is 4. The molecule has 0 aromatic heterocycles. The van der Waals surface area contributed by atoms with Crippen LogP contribution < -0.4 is 5.32 Å². The average Bonchev–Trinajstić information content (AvgIpc) is 3.72. The molecule has 0 fully saturated rings. The van der Waals surface area contributed by atoms with Crippen LogP contribution in [0.5, 0.6) is 0 Å². The number of esters is 1. The summed E-state index contributed by atoms with van der Waals surface area (Å²) in [6.45, 7) is 4.98. The predicted octanol–water partition coefficient (Wildman–Crippen LogP) is 27.6. The third kappa shape index (κ3) is 75.4. The van der Waals surface area contributed by atoms with E-state index in [4.69, 9.17) is 4.74 Å². The Morgan fingerprint density at radius 3 is 0.856 bits per heavy atom. The average molecular weight is 1270 g/mol. The number of carbonyl (C=O) groups excluding carboxylic acids is 2. The van der Waals surface area contributed by atoms with Crippen molar-refractivity contribution < 1.29 is 24.5 Å². The number of hydrogen-bond acceptors (Lipinski definition) is 5. The van der Waals surface area contributed by atoms with E-state index in [1.54, 1.807) is 0 Å². The second-order valence-corrected chi connectivity index (χ2v) is 28.8. The predicted molar refractivity (Wildman–Crippen MR) is 398 cm³/mol. The van der Waals surface area contributed by atoms with Crippen LogP contribution in [0.15, 0.2) is 24.3 Å². The lowest BCUT2D eigenvalue weighted by atomic mass is 10.0. The van der Waals surface area contributed by atoms with Crippen molar-refractivity contribution in [3.63, 3.8) is 0 Å². The summed E-state index contributed by atoms with van der Waals surface area (Å²) in [5.74, 6) is -0.00695. The fourth-order valence-electron chi connectivity index (χ4n) is 13.4. The number of rotatable bonds is 79. The molecule has 1 amide bonds. The van der Waals surface area contributed by atoms with E-state index in [1.807, 2.05) is 0 Å². The summed E-state index contributed by atoms with van der Waals surface area (Å²) in [7, 11) is 0. The van der Waals surface area contributed by atoms with Gasteiger partial charge in [-0.3, -0.25) is 9.59 Å². The molecule has 0 aliphatic carbocycles. The van der Waals surface area contributed by atoms with Gasteiger partial charge in [-0.15, -0.1) is 0 Å². The Kier molecular flexibility index (Phi) is 78.3. The summed E-state index contributed by atoms with van der Waals surface area (Å²) in [6, 6.07) is -0.536. The van der Waals surface area contributed by atoms with Crippen LogP contribution in [-0.4, -0.2) is 47.4 Å². The molecule has 90 heavy (non-hydrogen) atoms. The minimum atomic E-state index is -0.660. The fourth-order valence-corrected chi connectivity index (χ4v) is 13.4. The highest BCUT2D eigenvalue weighted by Crippen LogP contribution is 2.21. The van der Waals surface area contributed by atoms with E-state index in [-0.39, 0.29) is 18.5 Å². The topological polar surface area (TPSA) is 95.9 Å². The van der Waals surface area contributed by atoms with Gasteiger partial charge in [0.25, 0.3) is 0 Å². The summed E-state index contributed by atoms with van der Waals surface area (Å²) >= 11 is 0. The Bertz CT molecular complexity index is 1410. The number of nitrogens with one attached hydrogen (secondary N) is 1. The van der Waals surface area contributed by atoms with Gasteiger partial charge in [-0.05, 0) is 57.8 Å². The molecular weight excluding hydrogens is 1100 g/mol. The minimum absolute atomic E-state index is 0.0176. The summed E-state index contributed by atoms with van der Waals surface area (Å²) in [5, 5.41) is 23.4. The van der Waals surface area contributed by atoms with Crippen LogP contribution in [0.25, 0.3) is 0 Å². The standard InChI is InChI=1S/C84H163NO5/c1-3-5-7-9-11-13-15-17-19-21-46-50-54-58-62-66-70-74-78-84(89)90-79-75-71-67-63-59-55-51-47-44-42-40-38-36-34-32-30-28-26-24-22-23-25-27-29-31-33-35-37-39-41-43-45-49-53-57-61-65-69-73-77-83(88)85-81(80-86)82(87)76-72-68-64-60-56-52-48-20-18-16-14-12-10-8-6-4-2/h13,15,19,21,81-82,86-87H,3-12,14,16-18,20,22-80H2,1-2H3,(H,85,88)/b15-13-,21-19-. The molecule has 0 bridgehead atoms. The van der Waals surface area contributed by atoms with Gasteiger partial charge in [0.2, 0.25) is 5.91 Å². The summed E-state index contributed by atoms with van der Waals surface area (Å²) < 4.78 is 5.51. The monoisotopic (exact) mass is 1270 g/mol. The third-order valence-electron chi connectivity index (χ3n) is 19.8. The van der Waals surface area contributed by atoms with Crippen LogP contribution in [0.4, 0.5) is 0 Å². The largest absolute Gasteiger partial charge is 0.466 e. The highest BCUT2D eigenvalue weighted by atomic mass is 16.5. The van der Waals surface area contributed by atoms with Gasteiger partial charge in [-0.1, -0.05) is 430 Å². The van der Waals surface area contributed by atoms with Gasteiger partial charge in [0, 0.05) is 12.8 Å². The van der Waals surface area contributed by atoms with E-state index < -0.39 is 12.1 Å². The third-order valence-corrected chi connectivity index (χ3v) is 19.8. The van der Waals surface area contributed by atoms with Crippen molar-refractivity contribution in [3.05, 3.63) is 24.3 Å². The number of carbonyl (C=O) groups is 2. The quantitative estimate of drug-likeness (QED) is 0.0320. The maximum absolute atomic E-state index is 12.5. The zero-order valence-corrected chi connectivity index (χ0v) is 61.4. The highest BCUT2D eigenvalue weighted by Gasteiger charge is 2.20. The van der Waals surface area contributed by atoms with Gasteiger partial charge in [0.15, 0.2) is 0 Å². The van der Waals surface area contributed by atoms with E-state index in [1.165, 1.54) is 392 Å². The second kappa shape index (κ2) is 79.8. The van der Waals surface area contributed by atoms with Crippen LogP contribution >= 0.6 is 0 Å². The first-order valence-corrected chi connectivity index (χ1v) is 41.6. The zero-order chi connectivity index (χ0) is 64.9. The fraction of sp³-hybridized carbons (Fsp3) is 0.929. The number of aliphatic hydroxyl groups is 2. The Balaban J connectivity index is 3.28. The second-order valence-electron chi connectivity index (χ2n) is 28.8. The van der Waals surface area contributed by atoms with Crippen molar-refractivity contribution in [3.8, 4) is 0 Å². The molecular formula is C84H163NO5. The first-order chi connectivity index (χ1) is 44.5. The van der Waals surface area contributed by atoms with Crippen LogP contribution in [0.2, 0.25) is 0 Å². The maximum atomic E-state index is 12.5. The molecule has 0 aliphatic rings. The van der Waals surface area contributed by atoms with Crippen LogP contribution in [0, 0.1) is 0 Å². The Hall–Kier alpha value is -1.66. The summed E-state index contributed by atoms with van der Waals surface area (Å²) in [5.41, 5.74) is 0. The normalized spacial score (nSPS) is 12.5. The number of hydrogen-bond donors (Lipinski definition) is 3. The van der Waals surface area contributed by atoms with Crippen molar-refractivity contribution in [2.75, 3.05) is 13.2 Å². The molecule has 6 nitrogen and oxygen atoms in total. The van der Waals surface area contributed by atoms with Crippen LogP contribution in [0.1, 0.15) is 476 Å². The molecule has 0 saturated heterocycles. The van der Waals surface area contributed by atoms with Crippen molar-refractivity contribution in [1.29, 1.82) is 0 Å². The molecule has 0 aliphatic heterocycles. The van der Waals surface area contributed by atoms with E-state index in [9.17, 15) is 19.8 Å². The molecule has 3 N–H and O–H groups in total. The van der Waals surface area contributed by atoms with Gasteiger partial charge < -0.3 is 20.3 Å². The molecule has 0 radical (unpaired) electrons. The van der Waals surface area contributed by atoms with Gasteiger partial charge in [0.05, 0.1) is 25.4 Å². The molecule has 2 unspecified atom stereocenters. The van der Waals surface area contributed by atoms with Crippen molar-refractivity contribution >= 4 is 11.9 Å². The van der Waals surface area contributed by atoms with E-state index in [0.717, 1.165) is 51.4 Å². The highest BCUT2D eigenvalue weighted by molar-refractivity contribution is 5.76. The molecule has 534 valence electrons. The van der Waals surface area contributed by atoms with Crippen molar-refractivity contribution in [2.45, 2.75) is 488 Å². The number of ether oxygens (including phenoxy) is 1. The van der Waals surface area contributed by atoms with Gasteiger partial charge in [-0.25, -0.2) is 0 Å². The SMILES string of the molecule is CCCCCC/C=C\C/C=C\CCCCCCCCCC(=O)OCCCCCCCCCCCCCCCCCCCCCCCCCCCCCCCCCCCCCCCCCC(=O)NC(CO)C(O)CCCCCCCCCCCCCCCCCC. The van der Waals surface area contributed by atoms with Gasteiger partial charge >= 0.3 is 5.97 Å². The Morgan fingerprint density at radius 2 is 0.556 bits per heavy atom. The molecule has 0 rings (SSSR count). The summed E-state index contributed by atoms with van der Waals surface area (Å²) in [4.78, 5) is 24.7. The van der Waals surface area contributed by atoms with E-state index >= 15 is 0 Å². The molecule has 6 heteroatoms. The van der Waals surface area contributed by atoms with Crippen molar-refractivity contribution in [1.82, 2.24) is 5.32 Å². The summed E-state index contributed by atoms with van der Waals surface area (Å²) in [6.07, 6.45) is 103. The van der Waals surface area contributed by atoms with Crippen LogP contribution in [0.3, 0.4) is 0 Å². The van der Waals surface area contributed by atoms with E-state index in [0.29, 0.717) is 25.9 Å². The molecule has 0 aromatic rings. The molecule has 2 atom stereocenters. The van der Waals surface area contributed by atoms with E-state index in [2.05, 4.69) is 43.5 Å². The lowest BCUT2D eigenvalue weighted by Crippen LogP contribution is -2.45. The molecule has 0 heterocycles. The lowest BCUT2D eigenvalue weighted by molar-refractivity contribution is -0.143. The number of aliphatic hydroxyl groups excluding tert-OH is 2. The smallest absolute Gasteiger partial charge is 0.305 e. The van der Waals surface area contributed by atoms with Crippen LogP contribution in [-0.2, 0) is 14.3 Å². The minimum Gasteiger partial charge on any atom is -0.466 e. The molecule has 0 spiro atoms. The zero-order valence-electron chi connectivity index (χ0n) is 61.4. The van der Waals surface area contributed by atoms with Gasteiger partial charge in [0.1, 0.15) is 0 Å². The van der Waals surface area contributed by atoms with Crippen molar-refractivity contribution in [2.24, 2.45) is 0 Å². The lowest BCUT2D eigenvalue weighted by Gasteiger charge is -2.22. The van der Waals surface area contributed by atoms with Gasteiger partial charge in [-0.2, -0.15) is 0 Å². The molecule has 0 aromatic carbocycles. The Morgan fingerprint density at radius 1 is 0.311 bits per heavy atom. The first-order valence-electron chi connectivity index (χ1n) is 41.6. The molecule has 0 saturated carbocycles. The first kappa shape index (κ1) is 88.3. The number of amides is 1.